The van der Waals surface area contributed by atoms with Gasteiger partial charge < -0.3 is 14.4 Å². The Bertz CT molecular complexity index is 484. The summed E-state index contributed by atoms with van der Waals surface area (Å²) < 4.78 is 5.06. The molecule has 1 atom stereocenters. The number of hydrogen-bond donors (Lipinski definition) is 1. The summed E-state index contributed by atoms with van der Waals surface area (Å²) in [7, 11) is 0. The number of likely N-dealkylation sites (tertiary alicyclic amines) is 1. The lowest BCUT2D eigenvalue weighted by Crippen LogP contribution is -2.52. The molecule has 0 saturated carbocycles. The highest BCUT2D eigenvalue weighted by atomic mass is 35.5. The smallest absolute Gasteiger partial charge is 0.329 e. The monoisotopic (exact) mass is 271 g/mol. The predicted molar refractivity (Wildman–Crippen MR) is 64.6 cm³/mol. The van der Waals surface area contributed by atoms with Gasteiger partial charge in [0.1, 0.15) is 5.54 Å². The first-order valence-electron chi connectivity index (χ1n) is 5.82. The molecular weight excluding hydrogens is 258 g/mol. The molecule has 2 rings (SSSR count). The van der Waals surface area contributed by atoms with Crippen LogP contribution in [0.3, 0.4) is 0 Å². The van der Waals surface area contributed by atoms with Crippen LogP contribution in [-0.2, 0) is 4.79 Å². The number of furan rings is 1. The molecule has 0 aromatic carbocycles. The van der Waals surface area contributed by atoms with Gasteiger partial charge in [0.05, 0.1) is 0 Å². The number of carbonyl (C=O) groups is 2. The van der Waals surface area contributed by atoms with E-state index < -0.39 is 17.4 Å². The van der Waals surface area contributed by atoms with Crippen molar-refractivity contribution >= 4 is 23.5 Å². The van der Waals surface area contributed by atoms with Crippen molar-refractivity contribution in [3.8, 4) is 0 Å². The van der Waals surface area contributed by atoms with Crippen molar-refractivity contribution < 1.29 is 19.1 Å². The Labute approximate surface area is 109 Å². The van der Waals surface area contributed by atoms with Gasteiger partial charge in [-0.2, -0.15) is 0 Å². The normalized spacial score (nSPS) is 23.3. The lowest BCUT2D eigenvalue weighted by Gasteiger charge is -2.33. The molecule has 2 heterocycles. The molecule has 0 bridgehead atoms. The first kappa shape index (κ1) is 13.0. The Kier molecular flexibility index (Phi) is 3.34. The first-order valence-corrected chi connectivity index (χ1v) is 6.20. The van der Waals surface area contributed by atoms with Crippen LogP contribution in [0.15, 0.2) is 16.5 Å². The Morgan fingerprint density at radius 3 is 2.78 bits per heavy atom. The van der Waals surface area contributed by atoms with Crippen molar-refractivity contribution in [3.05, 3.63) is 23.1 Å². The second-order valence-electron chi connectivity index (χ2n) is 4.35. The lowest BCUT2D eigenvalue weighted by atomic mass is 9.93. The number of hydrogen-bond acceptors (Lipinski definition) is 3. The first-order chi connectivity index (χ1) is 8.51. The molecule has 1 aromatic rings. The molecule has 0 radical (unpaired) electrons. The molecule has 98 valence electrons. The fourth-order valence-electron chi connectivity index (χ4n) is 2.48. The van der Waals surface area contributed by atoms with Crippen LogP contribution in [0.1, 0.15) is 36.7 Å². The molecule has 18 heavy (non-hydrogen) atoms. The van der Waals surface area contributed by atoms with Gasteiger partial charge in [-0.15, -0.1) is 0 Å². The molecule has 1 fully saturated rings. The van der Waals surface area contributed by atoms with E-state index in [0.717, 1.165) is 0 Å². The van der Waals surface area contributed by atoms with Gasteiger partial charge in [0.25, 0.3) is 5.91 Å². The van der Waals surface area contributed by atoms with Gasteiger partial charge in [-0.3, -0.25) is 4.79 Å². The van der Waals surface area contributed by atoms with Crippen molar-refractivity contribution in [3.63, 3.8) is 0 Å². The van der Waals surface area contributed by atoms with E-state index in [2.05, 4.69) is 0 Å². The molecular formula is C12H14ClNO4. The molecule has 6 heteroatoms. The minimum atomic E-state index is -1.11. The summed E-state index contributed by atoms with van der Waals surface area (Å²) in [4.78, 5) is 25.1. The van der Waals surface area contributed by atoms with Gasteiger partial charge in [-0.25, -0.2) is 4.79 Å². The second-order valence-corrected chi connectivity index (χ2v) is 4.73. The third-order valence-corrected chi connectivity index (χ3v) is 3.70. The minimum Gasteiger partial charge on any atom is -0.479 e. The Morgan fingerprint density at radius 2 is 2.28 bits per heavy atom. The summed E-state index contributed by atoms with van der Waals surface area (Å²) in [6.07, 6.45) is 1.53. The van der Waals surface area contributed by atoms with E-state index in [9.17, 15) is 14.7 Å². The SMILES string of the molecule is CCC1(C(=O)O)CCCN1C(=O)c1ccc(Cl)o1. The highest BCUT2D eigenvalue weighted by Gasteiger charge is 2.49. The third kappa shape index (κ3) is 1.88. The molecule has 0 spiro atoms. The van der Waals surface area contributed by atoms with Crippen molar-refractivity contribution in [2.75, 3.05) is 6.54 Å². The second kappa shape index (κ2) is 4.65. The Morgan fingerprint density at radius 1 is 1.56 bits per heavy atom. The molecule has 1 unspecified atom stereocenters. The fraction of sp³-hybridized carbons (Fsp3) is 0.500. The summed E-state index contributed by atoms with van der Waals surface area (Å²) in [6, 6.07) is 2.94. The van der Waals surface area contributed by atoms with E-state index >= 15 is 0 Å². The summed E-state index contributed by atoms with van der Waals surface area (Å²) in [5, 5.41) is 9.50. The topological polar surface area (TPSA) is 70.8 Å². The average Bonchev–Trinajstić information content (AvgIpc) is 2.94. The van der Waals surface area contributed by atoms with Crippen LogP contribution in [0, 0.1) is 0 Å². The van der Waals surface area contributed by atoms with Gasteiger partial charge in [0.2, 0.25) is 0 Å². The van der Waals surface area contributed by atoms with Crippen LogP contribution in [0.25, 0.3) is 0 Å². The third-order valence-electron chi connectivity index (χ3n) is 3.50. The largest absolute Gasteiger partial charge is 0.479 e. The zero-order valence-corrected chi connectivity index (χ0v) is 10.7. The maximum absolute atomic E-state index is 12.2. The maximum Gasteiger partial charge on any atom is 0.329 e. The van der Waals surface area contributed by atoms with Crippen LogP contribution in [0.5, 0.6) is 0 Å². The van der Waals surface area contributed by atoms with E-state index in [4.69, 9.17) is 16.0 Å². The Balaban J connectivity index is 2.32. The van der Waals surface area contributed by atoms with Crippen LogP contribution >= 0.6 is 11.6 Å². The van der Waals surface area contributed by atoms with E-state index in [-0.39, 0.29) is 11.0 Å². The van der Waals surface area contributed by atoms with Gasteiger partial charge in [0, 0.05) is 6.54 Å². The van der Waals surface area contributed by atoms with Crippen molar-refractivity contribution in [2.45, 2.75) is 31.7 Å². The quantitative estimate of drug-likeness (QED) is 0.916. The van der Waals surface area contributed by atoms with Crippen molar-refractivity contribution in [2.24, 2.45) is 0 Å². The number of halogens is 1. The number of carbonyl (C=O) groups excluding carboxylic acids is 1. The van der Waals surface area contributed by atoms with Crippen LogP contribution in [0.4, 0.5) is 0 Å². The number of nitrogens with zero attached hydrogens (tertiary/aromatic N) is 1. The number of aliphatic carboxylic acids is 1. The number of carboxylic acid groups (broad SMARTS) is 1. The van der Waals surface area contributed by atoms with E-state index in [1.165, 1.54) is 17.0 Å². The van der Waals surface area contributed by atoms with E-state index in [1.54, 1.807) is 6.92 Å². The molecule has 0 aliphatic carbocycles. The zero-order valence-electron chi connectivity index (χ0n) is 9.98. The predicted octanol–water partition coefficient (Wildman–Crippen LogP) is 2.40. The van der Waals surface area contributed by atoms with E-state index in [0.29, 0.717) is 25.8 Å². The highest BCUT2D eigenvalue weighted by Crippen LogP contribution is 2.34. The molecule has 1 amide bonds. The van der Waals surface area contributed by atoms with E-state index in [1.807, 2.05) is 0 Å². The number of carboxylic acids is 1. The summed E-state index contributed by atoms with van der Waals surface area (Å²) in [5.41, 5.74) is -1.11. The standard InChI is InChI=1S/C12H14ClNO4/c1-2-12(11(16)17)6-3-7-14(12)10(15)8-4-5-9(13)18-8/h4-5H,2-3,6-7H2,1H3,(H,16,17). The molecule has 1 N–H and O–H groups in total. The van der Waals surface area contributed by atoms with Gasteiger partial charge in [-0.05, 0) is 43.0 Å². The minimum absolute atomic E-state index is 0.0842. The summed E-state index contributed by atoms with van der Waals surface area (Å²) >= 11 is 5.62. The average molecular weight is 272 g/mol. The highest BCUT2D eigenvalue weighted by molar-refractivity contribution is 6.29. The van der Waals surface area contributed by atoms with Crippen LogP contribution in [0.2, 0.25) is 5.22 Å². The van der Waals surface area contributed by atoms with Crippen LogP contribution in [-0.4, -0.2) is 34.0 Å². The fourth-order valence-corrected chi connectivity index (χ4v) is 2.62. The molecule has 1 saturated heterocycles. The number of amides is 1. The summed E-state index contributed by atoms with van der Waals surface area (Å²) in [5.74, 6) is -1.29. The maximum atomic E-state index is 12.2. The van der Waals surface area contributed by atoms with Gasteiger partial charge >= 0.3 is 5.97 Å². The lowest BCUT2D eigenvalue weighted by molar-refractivity contribution is -0.148. The zero-order chi connectivity index (χ0) is 13.3. The Hall–Kier alpha value is -1.49. The molecule has 1 aromatic heterocycles. The van der Waals surface area contributed by atoms with Crippen LogP contribution < -0.4 is 0 Å². The van der Waals surface area contributed by atoms with Gasteiger partial charge in [0.15, 0.2) is 11.0 Å². The van der Waals surface area contributed by atoms with Gasteiger partial charge in [-0.1, -0.05) is 6.92 Å². The molecule has 1 aliphatic rings. The molecule has 5 nitrogen and oxygen atoms in total. The van der Waals surface area contributed by atoms with Crippen molar-refractivity contribution in [1.82, 2.24) is 4.90 Å². The molecule has 1 aliphatic heterocycles. The number of rotatable bonds is 3. The van der Waals surface area contributed by atoms with Crippen molar-refractivity contribution in [1.29, 1.82) is 0 Å². The summed E-state index contributed by atoms with van der Waals surface area (Å²) in [6.45, 7) is 2.20.